The van der Waals surface area contributed by atoms with Gasteiger partial charge in [-0.15, -0.1) is 11.3 Å². The molecule has 0 aliphatic carbocycles. The summed E-state index contributed by atoms with van der Waals surface area (Å²) in [6.45, 7) is 4.97. The van der Waals surface area contributed by atoms with E-state index in [2.05, 4.69) is 5.32 Å². The highest BCUT2D eigenvalue weighted by atomic mass is 32.1. The van der Waals surface area contributed by atoms with Crippen LogP contribution in [0.4, 0.5) is 10.7 Å². The van der Waals surface area contributed by atoms with Gasteiger partial charge in [-0.05, 0) is 20.3 Å². The predicted molar refractivity (Wildman–Crippen MR) is 82.7 cm³/mol. The zero-order chi connectivity index (χ0) is 15.8. The summed E-state index contributed by atoms with van der Waals surface area (Å²) in [6.07, 6.45) is 0.583. The second-order valence-electron chi connectivity index (χ2n) is 5.42. The van der Waals surface area contributed by atoms with Gasteiger partial charge in [-0.1, -0.05) is 0 Å². The highest BCUT2D eigenvalue weighted by Crippen LogP contribution is 2.40. The van der Waals surface area contributed by atoms with Gasteiger partial charge in [0.05, 0.1) is 16.9 Å². The molecule has 1 fully saturated rings. The summed E-state index contributed by atoms with van der Waals surface area (Å²) in [5, 5.41) is 13.3. The van der Waals surface area contributed by atoms with Crippen LogP contribution in [0.1, 0.15) is 40.3 Å². The Kier molecular flexibility index (Phi) is 4.11. The molecule has 0 saturated carbocycles. The Labute approximate surface area is 126 Å². The Morgan fingerprint density at radius 1 is 1.52 bits per heavy atom. The number of hydrogen-bond acceptors (Lipinski definition) is 6. The van der Waals surface area contributed by atoms with Crippen LogP contribution in [0.25, 0.3) is 0 Å². The van der Waals surface area contributed by atoms with Crippen molar-refractivity contribution in [3.63, 3.8) is 0 Å². The van der Waals surface area contributed by atoms with Gasteiger partial charge in [0.1, 0.15) is 9.88 Å². The number of carbonyl (C=O) groups is 2. The molecule has 1 aromatic heterocycles. The molecule has 0 spiro atoms. The second-order valence-corrected chi connectivity index (χ2v) is 6.42. The smallest absolute Gasteiger partial charge is 0.263 e. The third kappa shape index (κ3) is 2.96. The van der Waals surface area contributed by atoms with Gasteiger partial charge in [0, 0.05) is 19.6 Å². The zero-order valence-corrected chi connectivity index (χ0v) is 12.9. The lowest BCUT2D eigenvalue weighted by Gasteiger charge is -2.20. The lowest BCUT2D eigenvalue weighted by atomic mass is 10.1. The summed E-state index contributed by atoms with van der Waals surface area (Å²) in [4.78, 5) is 25.8. The van der Waals surface area contributed by atoms with Gasteiger partial charge in [0.25, 0.3) is 11.8 Å². The van der Waals surface area contributed by atoms with Gasteiger partial charge in [0.15, 0.2) is 0 Å². The van der Waals surface area contributed by atoms with Gasteiger partial charge < -0.3 is 26.8 Å². The Morgan fingerprint density at radius 2 is 2.19 bits per heavy atom. The van der Waals surface area contributed by atoms with Gasteiger partial charge >= 0.3 is 0 Å². The summed E-state index contributed by atoms with van der Waals surface area (Å²) < 4.78 is 0. The van der Waals surface area contributed by atoms with Crippen LogP contribution in [0.2, 0.25) is 0 Å². The molecule has 0 bridgehead atoms. The normalized spacial score (nSPS) is 21.6. The van der Waals surface area contributed by atoms with E-state index in [1.165, 1.54) is 0 Å². The van der Waals surface area contributed by atoms with E-state index in [4.69, 9.17) is 11.5 Å². The minimum absolute atomic E-state index is 0.111. The van der Waals surface area contributed by atoms with Crippen molar-refractivity contribution in [1.82, 2.24) is 5.32 Å². The van der Waals surface area contributed by atoms with E-state index in [1.54, 1.807) is 13.8 Å². The lowest BCUT2D eigenvalue weighted by molar-refractivity contribution is 0.0838. The molecule has 8 heteroatoms. The van der Waals surface area contributed by atoms with E-state index >= 15 is 0 Å². The summed E-state index contributed by atoms with van der Waals surface area (Å²) in [7, 11) is 0. The van der Waals surface area contributed by atoms with E-state index in [0.29, 0.717) is 31.1 Å². The quantitative estimate of drug-likeness (QED) is 0.630. The Balaban J connectivity index is 2.43. The number of thiophene rings is 1. The minimum atomic E-state index is -0.820. The van der Waals surface area contributed by atoms with Crippen LogP contribution in [0, 0.1) is 0 Å². The maximum absolute atomic E-state index is 12.0. The van der Waals surface area contributed by atoms with Crippen molar-refractivity contribution in [1.29, 1.82) is 0 Å². The van der Waals surface area contributed by atoms with Gasteiger partial charge in [-0.25, -0.2) is 0 Å². The van der Waals surface area contributed by atoms with E-state index in [-0.39, 0.29) is 22.0 Å². The molecule has 2 rings (SSSR count). The summed E-state index contributed by atoms with van der Waals surface area (Å²) >= 11 is 1.14. The van der Waals surface area contributed by atoms with Crippen molar-refractivity contribution in [3.05, 3.63) is 10.4 Å². The number of rotatable bonds is 4. The fraction of sp³-hybridized carbons (Fsp3) is 0.538. The first-order chi connectivity index (χ1) is 9.76. The first kappa shape index (κ1) is 15.6. The Bertz CT molecular complexity index is 582. The van der Waals surface area contributed by atoms with Gasteiger partial charge in [-0.2, -0.15) is 0 Å². The van der Waals surface area contributed by atoms with Crippen LogP contribution in [-0.4, -0.2) is 42.2 Å². The molecule has 0 radical (unpaired) electrons. The Morgan fingerprint density at radius 3 is 2.67 bits per heavy atom. The van der Waals surface area contributed by atoms with Crippen molar-refractivity contribution in [2.45, 2.75) is 25.9 Å². The van der Waals surface area contributed by atoms with Crippen molar-refractivity contribution in [2.75, 3.05) is 30.3 Å². The van der Waals surface area contributed by atoms with Gasteiger partial charge in [-0.3, -0.25) is 9.59 Å². The van der Waals surface area contributed by atoms with Gasteiger partial charge in [0.2, 0.25) is 0 Å². The summed E-state index contributed by atoms with van der Waals surface area (Å²) in [5.74, 6) is -0.986. The van der Waals surface area contributed by atoms with Crippen LogP contribution >= 0.6 is 11.3 Å². The number of primary amides is 1. The van der Waals surface area contributed by atoms with Crippen LogP contribution in [-0.2, 0) is 0 Å². The first-order valence-corrected chi connectivity index (χ1v) is 7.56. The molecule has 1 unspecified atom stereocenters. The number of β-amino-alcohol motifs (C(OH)–C–C–N with tert-alkyl or cyclic N) is 1. The van der Waals surface area contributed by atoms with E-state index in [1.807, 2.05) is 4.90 Å². The highest BCUT2D eigenvalue weighted by molar-refractivity contribution is 7.19. The maximum Gasteiger partial charge on any atom is 0.263 e. The molecule has 1 aliphatic rings. The lowest BCUT2D eigenvalue weighted by Crippen LogP contribution is -2.30. The molecule has 6 N–H and O–H groups in total. The fourth-order valence-corrected chi connectivity index (χ4v) is 3.59. The average molecular weight is 312 g/mol. The monoisotopic (exact) mass is 312 g/mol. The molecule has 2 amide bonds. The van der Waals surface area contributed by atoms with Crippen LogP contribution < -0.4 is 21.7 Å². The number of anilines is 2. The third-order valence-electron chi connectivity index (χ3n) is 3.46. The standard InChI is InChI=1S/C13H20N4O3S/c1-3-16-11(19)9-8(14)7(10(15)18)12(21-9)17-5-4-13(2,20)6-17/h20H,3-6,14H2,1-2H3,(H2,15,18)(H,16,19). The zero-order valence-electron chi connectivity index (χ0n) is 12.1. The number of nitrogens with two attached hydrogens (primary N) is 2. The van der Waals surface area contributed by atoms with Crippen molar-refractivity contribution < 1.29 is 14.7 Å². The van der Waals surface area contributed by atoms with Crippen LogP contribution in [0.3, 0.4) is 0 Å². The number of nitrogens with zero attached hydrogens (tertiary/aromatic N) is 1. The minimum Gasteiger partial charge on any atom is -0.397 e. The molecule has 1 aromatic rings. The number of aliphatic hydroxyl groups is 1. The SMILES string of the molecule is CCNC(=O)c1sc(N2CCC(C)(O)C2)c(C(N)=O)c1N. The second kappa shape index (κ2) is 5.53. The predicted octanol–water partition coefficient (Wildman–Crippen LogP) is 0.140. The van der Waals surface area contributed by atoms with E-state index < -0.39 is 11.5 Å². The molecule has 7 nitrogen and oxygen atoms in total. The number of nitrogen functional groups attached to an aromatic ring is 1. The Hall–Kier alpha value is -1.80. The van der Waals surface area contributed by atoms with E-state index in [9.17, 15) is 14.7 Å². The number of carbonyl (C=O) groups excluding carboxylic acids is 2. The third-order valence-corrected chi connectivity index (χ3v) is 4.72. The number of hydrogen-bond donors (Lipinski definition) is 4. The molecule has 2 heterocycles. The largest absolute Gasteiger partial charge is 0.397 e. The van der Waals surface area contributed by atoms with Crippen molar-refractivity contribution in [3.8, 4) is 0 Å². The average Bonchev–Trinajstić information content (AvgIpc) is 2.89. The van der Waals surface area contributed by atoms with E-state index in [0.717, 1.165) is 11.3 Å². The molecule has 21 heavy (non-hydrogen) atoms. The molecule has 116 valence electrons. The molecule has 1 aliphatic heterocycles. The van der Waals surface area contributed by atoms with Crippen LogP contribution in [0.5, 0.6) is 0 Å². The molecule has 0 aromatic carbocycles. The highest BCUT2D eigenvalue weighted by Gasteiger charge is 2.35. The summed E-state index contributed by atoms with van der Waals surface area (Å²) in [5.41, 5.74) is 10.8. The summed E-state index contributed by atoms with van der Waals surface area (Å²) in [6, 6.07) is 0. The number of nitrogens with one attached hydrogen (secondary N) is 1. The fourth-order valence-electron chi connectivity index (χ4n) is 2.42. The molecule has 1 saturated heterocycles. The molecule has 1 atom stereocenters. The molecular formula is C13H20N4O3S. The molecular weight excluding hydrogens is 292 g/mol. The maximum atomic E-state index is 12.0. The topological polar surface area (TPSA) is 122 Å². The van der Waals surface area contributed by atoms with Crippen LogP contribution in [0.15, 0.2) is 0 Å². The number of amides is 2. The first-order valence-electron chi connectivity index (χ1n) is 6.74. The van der Waals surface area contributed by atoms with Crippen molar-refractivity contribution in [2.24, 2.45) is 5.73 Å². The van der Waals surface area contributed by atoms with Crippen molar-refractivity contribution >= 4 is 33.8 Å².